The van der Waals surface area contributed by atoms with Crippen molar-refractivity contribution in [2.45, 2.75) is 32.1 Å². The standard InChI is InChI=1S/C31H26IN3/c1-19-17-21(20-9-5-4-6-10-20)13-15-23(19)29-33-28(34-30(32)35-29)22-14-16-25-24-11-7-8-12-26(24)31(2,3)27(25)18-22/h4-19,23H,1-3H3/t19-,23?/m0/s1. The molecule has 0 saturated heterocycles. The topological polar surface area (TPSA) is 38.7 Å². The molecule has 1 heterocycles. The zero-order chi connectivity index (χ0) is 24.2. The van der Waals surface area contributed by atoms with Crippen molar-refractivity contribution in [3.8, 4) is 22.5 Å². The van der Waals surface area contributed by atoms with Gasteiger partial charge in [-0.15, -0.1) is 0 Å². The van der Waals surface area contributed by atoms with Crippen molar-refractivity contribution in [3.63, 3.8) is 0 Å². The smallest absolute Gasteiger partial charge is 0.194 e. The Labute approximate surface area is 220 Å². The maximum Gasteiger partial charge on any atom is 0.194 e. The van der Waals surface area contributed by atoms with E-state index in [2.05, 4.69) is 134 Å². The molecule has 4 aromatic rings. The molecule has 0 radical (unpaired) electrons. The molecule has 0 fully saturated rings. The van der Waals surface area contributed by atoms with Gasteiger partial charge < -0.3 is 0 Å². The Morgan fingerprint density at radius 3 is 2.31 bits per heavy atom. The highest BCUT2D eigenvalue weighted by atomic mass is 127. The summed E-state index contributed by atoms with van der Waals surface area (Å²) in [4.78, 5) is 14.5. The summed E-state index contributed by atoms with van der Waals surface area (Å²) >= 11 is 2.22. The Morgan fingerprint density at radius 2 is 1.51 bits per heavy atom. The molecule has 35 heavy (non-hydrogen) atoms. The van der Waals surface area contributed by atoms with Crippen LogP contribution in [0.25, 0.3) is 28.1 Å². The van der Waals surface area contributed by atoms with Crippen LogP contribution < -0.4 is 0 Å². The fourth-order valence-corrected chi connectivity index (χ4v) is 5.93. The average Bonchev–Trinajstić information content (AvgIpc) is 3.10. The van der Waals surface area contributed by atoms with E-state index in [1.165, 1.54) is 33.4 Å². The normalized spacial score (nSPS) is 19.7. The van der Waals surface area contributed by atoms with Crippen LogP contribution in [0, 0.1) is 9.75 Å². The number of aromatic nitrogens is 3. The summed E-state index contributed by atoms with van der Waals surface area (Å²) in [5, 5.41) is 0. The number of allylic oxidation sites excluding steroid dienone is 4. The minimum Gasteiger partial charge on any atom is -0.212 e. The number of fused-ring (bicyclic) bond motifs is 3. The Balaban J connectivity index is 1.36. The zero-order valence-corrected chi connectivity index (χ0v) is 22.2. The van der Waals surface area contributed by atoms with E-state index in [-0.39, 0.29) is 17.3 Å². The van der Waals surface area contributed by atoms with Gasteiger partial charge in [-0.25, -0.2) is 15.0 Å². The third-order valence-electron chi connectivity index (χ3n) is 7.36. The summed E-state index contributed by atoms with van der Waals surface area (Å²) in [6, 6.07) is 25.9. The minimum absolute atomic E-state index is 0.0514. The first-order chi connectivity index (χ1) is 16.9. The molecule has 3 nitrogen and oxygen atoms in total. The van der Waals surface area contributed by atoms with Crippen molar-refractivity contribution in [1.82, 2.24) is 15.0 Å². The molecule has 6 rings (SSSR count). The molecule has 2 aliphatic rings. The van der Waals surface area contributed by atoms with E-state index < -0.39 is 0 Å². The first kappa shape index (κ1) is 22.4. The molecule has 0 aliphatic heterocycles. The molecular weight excluding hydrogens is 541 g/mol. The van der Waals surface area contributed by atoms with Crippen molar-refractivity contribution < 1.29 is 0 Å². The first-order valence-corrected chi connectivity index (χ1v) is 13.1. The predicted octanol–water partition coefficient (Wildman–Crippen LogP) is 7.82. The Hall–Kier alpha value is -3.12. The van der Waals surface area contributed by atoms with Crippen LogP contribution in [0.5, 0.6) is 0 Å². The fraction of sp³-hybridized carbons (Fsp3) is 0.194. The third-order valence-corrected chi connectivity index (χ3v) is 7.85. The average molecular weight is 567 g/mol. The van der Waals surface area contributed by atoms with Gasteiger partial charge in [-0.05, 0) is 45.4 Å². The van der Waals surface area contributed by atoms with Crippen LogP contribution in [0.15, 0.2) is 91.0 Å². The number of rotatable bonds is 3. The van der Waals surface area contributed by atoms with E-state index in [0.29, 0.717) is 0 Å². The quantitative estimate of drug-likeness (QED) is 0.237. The van der Waals surface area contributed by atoms with E-state index in [1.807, 2.05) is 0 Å². The number of halogens is 1. The van der Waals surface area contributed by atoms with Crippen LogP contribution >= 0.6 is 22.6 Å². The van der Waals surface area contributed by atoms with Crippen LogP contribution in [-0.4, -0.2) is 15.0 Å². The lowest BCUT2D eigenvalue weighted by atomic mass is 9.82. The monoisotopic (exact) mass is 567 g/mol. The lowest BCUT2D eigenvalue weighted by Crippen LogP contribution is -2.16. The summed E-state index contributed by atoms with van der Waals surface area (Å²) in [6.45, 7) is 6.84. The van der Waals surface area contributed by atoms with Gasteiger partial charge >= 0.3 is 0 Å². The molecule has 1 unspecified atom stereocenters. The van der Waals surface area contributed by atoms with Gasteiger partial charge in [0.25, 0.3) is 0 Å². The van der Waals surface area contributed by atoms with Crippen molar-refractivity contribution in [2.24, 2.45) is 5.92 Å². The van der Waals surface area contributed by atoms with Gasteiger partial charge in [0.2, 0.25) is 0 Å². The van der Waals surface area contributed by atoms with Crippen molar-refractivity contribution >= 4 is 28.2 Å². The first-order valence-electron chi connectivity index (χ1n) is 12.0. The van der Waals surface area contributed by atoms with Gasteiger partial charge in [-0.3, -0.25) is 0 Å². The summed E-state index contributed by atoms with van der Waals surface area (Å²) < 4.78 is 0.726. The van der Waals surface area contributed by atoms with Crippen molar-refractivity contribution in [3.05, 3.63) is 117 Å². The molecule has 0 amide bonds. The van der Waals surface area contributed by atoms with Gasteiger partial charge in [-0.1, -0.05) is 106 Å². The summed E-state index contributed by atoms with van der Waals surface area (Å²) in [7, 11) is 0. The fourth-order valence-electron chi connectivity index (χ4n) is 5.46. The SMILES string of the molecule is C[C@H]1C=C(c2ccccc2)C=CC1c1nc(I)nc(-c2ccc3c(c2)C(C)(C)c2ccccc2-3)n1. The maximum atomic E-state index is 4.99. The van der Waals surface area contributed by atoms with Crippen LogP contribution in [0.2, 0.25) is 0 Å². The van der Waals surface area contributed by atoms with E-state index in [0.717, 1.165) is 21.0 Å². The van der Waals surface area contributed by atoms with Crippen LogP contribution in [0.3, 0.4) is 0 Å². The highest BCUT2D eigenvalue weighted by Gasteiger charge is 2.35. The van der Waals surface area contributed by atoms with Gasteiger partial charge in [-0.2, -0.15) is 0 Å². The van der Waals surface area contributed by atoms with E-state index in [4.69, 9.17) is 15.0 Å². The Kier molecular flexibility index (Phi) is 5.44. The lowest BCUT2D eigenvalue weighted by molar-refractivity contribution is 0.599. The number of hydrogen-bond acceptors (Lipinski definition) is 3. The summed E-state index contributed by atoms with van der Waals surface area (Å²) in [5.41, 5.74) is 8.81. The van der Waals surface area contributed by atoms with Gasteiger partial charge in [0.05, 0.1) is 0 Å². The van der Waals surface area contributed by atoms with Crippen molar-refractivity contribution in [2.75, 3.05) is 0 Å². The lowest BCUT2D eigenvalue weighted by Gasteiger charge is -2.23. The highest BCUT2D eigenvalue weighted by Crippen LogP contribution is 2.49. The molecule has 172 valence electrons. The van der Waals surface area contributed by atoms with E-state index in [1.54, 1.807) is 0 Å². The Bertz CT molecular complexity index is 1500. The number of benzene rings is 3. The van der Waals surface area contributed by atoms with Gasteiger partial charge in [0, 0.05) is 39.5 Å². The maximum absolute atomic E-state index is 4.99. The van der Waals surface area contributed by atoms with E-state index >= 15 is 0 Å². The molecule has 0 spiro atoms. The molecule has 1 aromatic heterocycles. The minimum atomic E-state index is -0.0514. The summed E-state index contributed by atoms with van der Waals surface area (Å²) in [5.74, 6) is 1.98. The second-order valence-electron chi connectivity index (χ2n) is 9.95. The van der Waals surface area contributed by atoms with Crippen molar-refractivity contribution in [1.29, 1.82) is 0 Å². The van der Waals surface area contributed by atoms with Crippen LogP contribution in [-0.2, 0) is 5.41 Å². The van der Waals surface area contributed by atoms with Crippen LogP contribution in [0.1, 0.15) is 49.2 Å². The van der Waals surface area contributed by atoms with Crippen LogP contribution in [0.4, 0.5) is 0 Å². The summed E-state index contributed by atoms with van der Waals surface area (Å²) in [6.07, 6.45) is 6.77. The molecule has 0 saturated carbocycles. The van der Waals surface area contributed by atoms with Gasteiger partial charge in [0.15, 0.2) is 9.66 Å². The molecular formula is C31H26IN3. The van der Waals surface area contributed by atoms with Gasteiger partial charge in [0.1, 0.15) is 5.82 Å². The number of nitrogens with zero attached hydrogens (tertiary/aromatic N) is 3. The molecule has 2 atom stereocenters. The molecule has 0 bridgehead atoms. The number of hydrogen-bond donors (Lipinski definition) is 0. The van der Waals surface area contributed by atoms with E-state index in [9.17, 15) is 0 Å². The molecule has 0 N–H and O–H groups in total. The third kappa shape index (κ3) is 3.84. The zero-order valence-electron chi connectivity index (χ0n) is 20.0. The second-order valence-corrected chi connectivity index (χ2v) is 10.9. The predicted molar refractivity (Wildman–Crippen MR) is 151 cm³/mol. The Morgan fingerprint density at radius 1 is 0.771 bits per heavy atom. The second kappa shape index (κ2) is 8.52. The highest BCUT2D eigenvalue weighted by molar-refractivity contribution is 14.1. The molecule has 2 aliphatic carbocycles. The molecule has 4 heteroatoms. The molecule has 3 aromatic carbocycles. The largest absolute Gasteiger partial charge is 0.212 e.